The molecule has 3 heteroatoms. The average molecular weight is 205 g/mol. The summed E-state index contributed by atoms with van der Waals surface area (Å²) in [5, 5.41) is 4.22. The Hall–Kier alpha value is -1.35. The molecule has 0 amide bonds. The van der Waals surface area contributed by atoms with E-state index in [4.69, 9.17) is 0 Å². The molecule has 0 saturated heterocycles. The quantitative estimate of drug-likeness (QED) is 0.763. The standard InChI is InChI=1S/C11H11NOS/c1-7(13)11-10(12-2)8-5-3-4-6-9(8)14-11/h3-6,12H,1-2H3. The summed E-state index contributed by atoms with van der Waals surface area (Å²) >= 11 is 1.54. The lowest BCUT2D eigenvalue weighted by Gasteiger charge is -1.99. The van der Waals surface area contributed by atoms with Crippen molar-refractivity contribution in [3.05, 3.63) is 29.1 Å². The van der Waals surface area contributed by atoms with Crippen molar-refractivity contribution in [2.75, 3.05) is 12.4 Å². The van der Waals surface area contributed by atoms with E-state index in [1.54, 1.807) is 18.3 Å². The van der Waals surface area contributed by atoms with Crippen LogP contribution >= 0.6 is 11.3 Å². The van der Waals surface area contributed by atoms with Crippen LogP contribution in [0.3, 0.4) is 0 Å². The zero-order valence-electron chi connectivity index (χ0n) is 8.13. The van der Waals surface area contributed by atoms with Crippen molar-refractivity contribution in [1.82, 2.24) is 0 Å². The second kappa shape index (κ2) is 3.42. The first-order valence-electron chi connectivity index (χ1n) is 4.44. The maximum absolute atomic E-state index is 11.4. The summed E-state index contributed by atoms with van der Waals surface area (Å²) in [6.07, 6.45) is 0. The van der Waals surface area contributed by atoms with Gasteiger partial charge in [0.1, 0.15) is 0 Å². The normalized spacial score (nSPS) is 10.4. The van der Waals surface area contributed by atoms with E-state index in [-0.39, 0.29) is 5.78 Å². The molecule has 0 aliphatic rings. The molecular formula is C11H11NOS. The Morgan fingerprint density at radius 3 is 2.71 bits per heavy atom. The first kappa shape index (κ1) is 9.21. The van der Waals surface area contributed by atoms with E-state index in [2.05, 4.69) is 5.32 Å². The molecule has 72 valence electrons. The lowest BCUT2D eigenvalue weighted by Crippen LogP contribution is -1.95. The number of hydrogen-bond donors (Lipinski definition) is 1. The molecule has 0 spiro atoms. The smallest absolute Gasteiger partial charge is 0.171 e. The van der Waals surface area contributed by atoms with Gasteiger partial charge < -0.3 is 5.32 Å². The molecule has 1 heterocycles. The Bertz CT molecular complexity index is 487. The summed E-state index contributed by atoms with van der Waals surface area (Å²) in [5.74, 6) is 0.121. The second-order valence-electron chi connectivity index (χ2n) is 3.11. The number of nitrogens with one attached hydrogen (secondary N) is 1. The van der Waals surface area contributed by atoms with Crippen LogP contribution in [0.15, 0.2) is 24.3 Å². The van der Waals surface area contributed by atoms with Gasteiger partial charge in [-0.15, -0.1) is 11.3 Å². The van der Waals surface area contributed by atoms with E-state index in [1.807, 2.05) is 31.3 Å². The van der Waals surface area contributed by atoms with Crippen LogP contribution in [0.25, 0.3) is 10.1 Å². The molecule has 0 atom stereocenters. The maximum Gasteiger partial charge on any atom is 0.171 e. The first-order valence-corrected chi connectivity index (χ1v) is 5.26. The highest BCUT2D eigenvalue weighted by Crippen LogP contribution is 2.35. The fourth-order valence-electron chi connectivity index (χ4n) is 1.54. The van der Waals surface area contributed by atoms with E-state index in [9.17, 15) is 4.79 Å². The molecule has 2 aromatic rings. The number of anilines is 1. The van der Waals surface area contributed by atoms with E-state index in [0.717, 1.165) is 20.7 Å². The van der Waals surface area contributed by atoms with Crippen molar-refractivity contribution in [2.45, 2.75) is 6.92 Å². The highest BCUT2D eigenvalue weighted by molar-refractivity contribution is 7.21. The number of Topliss-reactive ketones (excluding diaryl/α,β-unsaturated/α-hetero) is 1. The van der Waals surface area contributed by atoms with Crippen LogP contribution in [0, 0.1) is 0 Å². The summed E-state index contributed by atoms with van der Waals surface area (Å²) < 4.78 is 1.15. The fraction of sp³-hybridized carbons (Fsp3) is 0.182. The highest BCUT2D eigenvalue weighted by atomic mass is 32.1. The Morgan fingerprint density at radius 2 is 2.07 bits per heavy atom. The number of thiophene rings is 1. The van der Waals surface area contributed by atoms with Crippen molar-refractivity contribution in [2.24, 2.45) is 0 Å². The summed E-state index contributed by atoms with van der Waals surface area (Å²) in [7, 11) is 1.85. The Kier molecular flexibility index (Phi) is 2.25. The molecule has 0 bridgehead atoms. The molecule has 0 saturated carbocycles. The maximum atomic E-state index is 11.4. The summed E-state index contributed by atoms with van der Waals surface area (Å²) in [6, 6.07) is 8.04. The largest absolute Gasteiger partial charge is 0.386 e. The molecule has 1 N–H and O–H groups in total. The van der Waals surface area contributed by atoms with Crippen LogP contribution in [-0.4, -0.2) is 12.8 Å². The zero-order valence-corrected chi connectivity index (χ0v) is 8.94. The predicted molar refractivity (Wildman–Crippen MR) is 61.4 cm³/mol. The van der Waals surface area contributed by atoms with Crippen LogP contribution in [0.2, 0.25) is 0 Å². The zero-order chi connectivity index (χ0) is 10.1. The third-order valence-corrected chi connectivity index (χ3v) is 3.44. The molecule has 14 heavy (non-hydrogen) atoms. The first-order chi connectivity index (χ1) is 6.74. The van der Waals surface area contributed by atoms with Gasteiger partial charge in [0.2, 0.25) is 0 Å². The van der Waals surface area contributed by atoms with Gasteiger partial charge in [-0.3, -0.25) is 4.79 Å². The third kappa shape index (κ3) is 1.30. The number of carbonyl (C=O) groups is 1. The Balaban J connectivity index is 2.78. The number of benzene rings is 1. The minimum atomic E-state index is 0.121. The molecule has 0 fully saturated rings. The minimum Gasteiger partial charge on any atom is -0.386 e. The van der Waals surface area contributed by atoms with Gasteiger partial charge in [0.25, 0.3) is 0 Å². The highest BCUT2D eigenvalue weighted by Gasteiger charge is 2.13. The SMILES string of the molecule is CNc1c(C(C)=O)sc2ccccc12. The van der Waals surface area contributed by atoms with Gasteiger partial charge in [-0.2, -0.15) is 0 Å². The number of rotatable bonds is 2. The molecule has 0 radical (unpaired) electrons. The molecule has 0 unspecified atom stereocenters. The molecular weight excluding hydrogens is 194 g/mol. The summed E-state index contributed by atoms with van der Waals surface area (Å²) in [6.45, 7) is 1.60. The molecule has 1 aromatic carbocycles. The second-order valence-corrected chi connectivity index (χ2v) is 4.16. The average Bonchev–Trinajstić information content (AvgIpc) is 2.56. The van der Waals surface area contributed by atoms with Gasteiger partial charge >= 0.3 is 0 Å². The van der Waals surface area contributed by atoms with E-state index >= 15 is 0 Å². The van der Waals surface area contributed by atoms with Gasteiger partial charge in [-0.1, -0.05) is 18.2 Å². The van der Waals surface area contributed by atoms with E-state index in [0.29, 0.717) is 0 Å². The van der Waals surface area contributed by atoms with Crippen molar-refractivity contribution in [1.29, 1.82) is 0 Å². The summed E-state index contributed by atoms with van der Waals surface area (Å²) in [5.41, 5.74) is 0.957. The van der Waals surface area contributed by atoms with Crippen LogP contribution < -0.4 is 5.32 Å². The molecule has 0 aliphatic carbocycles. The van der Waals surface area contributed by atoms with Gasteiger partial charge in [-0.25, -0.2) is 0 Å². The predicted octanol–water partition coefficient (Wildman–Crippen LogP) is 3.15. The lowest BCUT2D eigenvalue weighted by atomic mass is 10.2. The van der Waals surface area contributed by atoms with E-state index in [1.165, 1.54) is 0 Å². The van der Waals surface area contributed by atoms with Crippen molar-refractivity contribution >= 4 is 32.9 Å². The Morgan fingerprint density at radius 1 is 1.36 bits per heavy atom. The number of fused-ring (bicyclic) bond motifs is 1. The lowest BCUT2D eigenvalue weighted by molar-refractivity contribution is 0.102. The van der Waals surface area contributed by atoms with E-state index < -0.39 is 0 Å². The topological polar surface area (TPSA) is 29.1 Å². The number of carbonyl (C=O) groups excluding carboxylic acids is 1. The Labute approximate surface area is 86.6 Å². The van der Waals surface area contributed by atoms with Crippen LogP contribution in [0.5, 0.6) is 0 Å². The van der Waals surface area contributed by atoms with Crippen LogP contribution in [0.4, 0.5) is 5.69 Å². The third-order valence-electron chi connectivity index (χ3n) is 2.17. The molecule has 0 aliphatic heterocycles. The van der Waals surface area contributed by atoms with Gasteiger partial charge in [0.15, 0.2) is 5.78 Å². The molecule has 1 aromatic heterocycles. The molecule has 2 nitrogen and oxygen atoms in total. The fourth-order valence-corrected chi connectivity index (χ4v) is 2.65. The van der Waals surface area contributed by atoms with Crippen LogP contribution in [-0.2, 0) is 0 Å². The monoisotopic (exact) mass is 205 g/mol. The summed E-state index contributed by atoms with van der Waals surface area (Å²) in [4.78, 5) is 12.2. The minimum absolute atomic E-state index is 0.121. The number of ketones is 1. The van der Waals surface area contributed by atoms with Crippen molar-refractivity contribution < 1.29 is 4.79 Å². The van der Waals surface area contributed by atoms with Crippen molar-refractivity contribution in [3.63, 3.8) is 0 Å². The number of hydrogen-bond acceptors (Lipinski definition) is 3. The molecule has 2 rings (SSSR count). The van der Waals surface area contributed by atoms with Gasteiger partial charge in [0, 0.05) is 24.1 Å². The van der Waals surface area contributed by atoms with Gasteiger partial charge in [-0.05, 0) is 6.07 Å². The van der Waals surface area contributed by atoms with Gasteiger partial charge in [0.05, 0.1) is 10.6 Å². The van der Waals surface area contributed by atoms with Crippen molar-refractivity contribution in [3.8, 4) is 0 Å². The van der Waals surface area contributed by atoms with Crippen LogP contribution in [0.1, 0.15) is 16.6 Å².